The first kappa shape index (κ1) is 18.6. The molecule has 0 aliphatic heterocycles. The van der Waals surface area contributed by atoms with Gasteiger partial charge in [-0.2, -0.15) is 0 Å². The van der Waals surface area contributed by atoms with E-state index >= 15 is 0 Å². The summed E-state index contributed by atoms with van der Waals surface area (Å²) in [6.45, 7) is 2.04. The van der Waals surface area contributed by atoms with Gasteiger partial charge in [0, 0.05) is 5.69 Å². The predicted molar refractivity (Wildman–Crippen MR) is 69.2 cm³/mol. The molecule has 2 amide bonds. The second-order valence-electron chi connectivity index (χ2n) is 2.74. The Morgan fingerprint density at radius 1 is 1.29 bits per heavy atom. The summed E-state index contributed by atoms with van der Waals surface area (Å²) in [4.78, 5) is 19.6. The SMILES string of the molecule is CCc1ccccc1NC(=O)[S-].NC(=O)[S-].[Zn+2]. The second-order valence-corrected chi connectivity index (χ2v) is 3.52. The first-order valence-electron chi connectivity index (χ1n) is 4.49. The molecule has 0 saturated carbocycles. The van der Waals surface area contributed by atoms with Gasteiger partial charge in [0.15, 0.2) is 0 Å². The summed E-state index contributed by atoms with van der Waals surface area (Å²) in [5.74, 6) is 0. The molecule has 0 fully saturated rings. The Kier molecular flexibility index (Phi) is 11.3. The van der Waals surface area contributed by atoms with Crippen LogP contribution in [0.2, 0.25) is 0 Å². The topological polar surface area (TPSA) is 72.2 Å². The van der Waals surface area contributed by atoms with Crippen LogP contribution in [0.4, 0.5) is 15.3 Å². The van der Waals surface area contributed by atoms with Gasteiger partial charge in [-0.25, -0.2) is 0 Å². The summed E-state index contributed by atoms with van der Waals surface area (Å²) in [5.41, 5.74) is 6.21. The predicted octanol–water partition coefficient (Wildman–Crippen LogP) is 1.94. The molecule has 0 radical (unpaired) electrons. The summed E-state index contributed by atoms with van der Waals surface area (Å²) < 4.78 is 0. The van der Waals surface area contributed by atoms with Crippen molar-refractivity contribution in [2.24, 2.45) is 5.73 Å². The number of aryl methyl sites for hydroxylation is 1. The standard InChI is InChI=1S/C9H11NOS.CH3NOS.Zn/c1-2-7-5-3-4-6-8(7)10-9(11)12;2-1(3)4;/h3-6H,2H2,1H3,(H2,10,11,12);(H3,2,3,4);/q;;+2/p-2. The average molecular weight is 322 g/mol. The monoisotopic (exact) mass is 320 g/mol. The molecule has 88 valence electrons. The zero-order valence-electron chi connectivity index (χ0n) is 9.43. The number of amides is 2. The van der Waals surface area contributed by atoms with Gasteiger partial charge >= 0.3 is 19.5 Å². The summed E-state index contributed by atoms with van der Waals surface area (Å²) in [5, 5.41) is 1.42. The van der Waals surface area contributed by atoms with Gasteiger partial charge in [-0.05, 0) is 18.1 Å². The smallest absolute Gasteiger partial charge is 0.719 e. The fourth-order valence-electron chi connectivity index (χ4n) is 1.06. The molecule has 0 spiro atoms. The van der Waals surface area contributed by atoms with Crippen molar-refractivity contribution in [3.63, 3.8) is 0 Å². The van der Waals surface area contributed by atoms with E-state index in [1.165, 1.54) is 0 Å². The van der Waals surface area contributed by atoms with E-state index in [0.717, 1.165) is 17.7 Å². The number of anilines is 1. The summed E-state index contributed by atoms with van der Waals surface area (Å²) in [7, 11) is 0. The van der Waals surface area contributed by atoms with Crippen molar-refractivity contribution in [1.82, 2.24) is 0 Å². The minimum atomic E-state index is -0.750. The summed E-state index contributed by atoms with van der Waals surface area (Å²) in [6, 6.07) is 7.64. The van der Waals surface area contributed by atoms with Gasteiger partial charge in [0.05, 0.1) is 5.24 Å². The molecule has 0 heterocycles. The Labute approximate surface area is 124 Å². The Bertz CT molecular complexity index is 371. The average Bonchev–Trinajstić information content (AvgIpc) is 2.17. The van der Waals surface area contributed by atoms with Crippen molar-refractivity contribution >= 4 is 41.4 Å². The van der Waals surface area contributed by atoms with Crippen LogP contribution < -0.4 is 11.1 Å². The first-order valence-corrected chi connectivity index (χ1v) is 5.31. The van der Waals surface area contributed by atoms with Crippen LogP contribution in [0.3, 0.4) is 0 Å². The van der Waals surface area contributed by atoms with Gasteiger partial charge in [-0.15, -0.1) is 0 Å². The Hall–Kier alpha value is -0.777. The molecule has 4 nitrogen and oxygen atoms in total. The quantitative estimate of drug-likeness (QED) is 0.645. The molecule has 1 aromatic carbocycles. The molecule has 3 N–H and O–H groups in total. The van der Waals surface area contributed by atoms with Crippen LogP contribution >= 0.6 is 0 Å². The molecule has 0 unspecified atom stereocenters. The van der Waals surface area contributed by atoms with Gasteiger partial charge in [-0.3, -0.25) is 0 Å². The molecular weight excluding hydrogens is 310 g/mol. The largest absolute Gasteiger partial charge is 2.00 e. The molecule has 0 aromatic heterocycles. The molecule has 0 aliphatic rings. The van der Waals surface area contributed by atoms with E-state index in [2.05, 4.69) is 36.3 Å². The second kappa shape index (κ2) is 10.4. The summed E-state index contributed by atoms with van der Waals surface area (Å²) >= 11 is 8.18. The van der Waals surface area contributed by atoms with Crippen molar-refractivity contribution in [3.8, 4) is 0 Å². The molecule has 7 heteroatoms. The van der Waals surface area contributed by atoms with Crippen molar-refractivity contribution in [2.75, 3.05) is 5.32 Å². The van der Waals surface area contributed by atoms with E-state index in [4.69, 9.17) is 4.79 Å². The molecule has 0 atom stereocenters. The van der Waals surface area contributed by atoms with E-state index < -0.39 is 10.5 Å². The van der Waals surface area contributed by atoms with Crippen LogP contribution in [0.5, 0.6) is 0 Å². The van der Waals surface area contributed by atoms with Crippen molar-refractivity contribution in [1.29, 1.82) is 0 Å². The Morgan fingerprint density at radius 3 is 2.18 bits per heavy atom. The zero-order chi connectivity index (χ0) is 12.6. The third kappa shape index (κ3) is 10.1. The maximum absolute atomic E-state index is 10.6. The zero-order valence-corrected chi connectivity index (χ0v) is 14.0. The van der Waals surface area contributed by atoms with Gasteiger partial charge < -0.3 is 45.9 Å². The van der Waals surface area contributed by atoms with E-state index in [9.17, 15) is 4.79 Å². The van der Waals surface area contributed by atoms with Gasteiger partial charge in [-0.1, -0.05) is 25.1 Å². The van der Waals surface area contributed by atoms with E-state index in [1.807, 2.05) is 31.2 Å². The van der Waals surface area contributed by atoms with Crippen LogP contribution in [-0.2, 0) is 51.2 Å². The number of rotatable bonds is 2. The normalized spacial score (nSPS) is 8.06. The maximum atomic E-state index is 10.6. The maximum Gasteiger partial charge on any atom is 2.00 e. The molecule has 0 saturated heterocycles. The molecule has 17 heavy (non-hydrogen) atoms. The summed E-state index contributed by atoms with van der Waals surface area (Å²) in [6.07, 6.45) is 0.895. The number of hydrogen-bond acceptors (Lipinski definition) is 4. The van der Waals surface area contributed by atoms with Gasteiger partial charge in [0.2, 0.25) is 0 Å². The third-order valence-electron chi connectivity index (χ3n) is 1.63. The fraction of sp³-hybridized carbons (Fsp3) is 0.200. The number of nitrogens with two attached hydrogens (primary N) is 1. The molecule has 0 bridgehead atoms. The number of benzene rings is 1. The van der Waals surface area contributed by atoms with E-state index in [0.29, 0.717) is 0 Å². The van der Waals surface area contributed by atoms with Crippen LogP contribution in [0.25, 0.3) is 0 Å². The number of nitrogens with one attached hydrogen (secondary N) is 1. The van der Waals surface area contributed by atoms with E-state index in [-0.39, 0.29) is 19.5 Å². The minimum Gasteiger partial charge on any atom is -0.719 e. The van der Waals surface area contributed by atoms with Crippen LogP contribution in [0.1, 0.15) is 12.5 Å². The minimum absolute atomic E-state index is 0. The number of primary amides is 1. The number of carbonyl (C=O) groups excluding carboxylic acids is 2. The Balaban J connectivity index is 0. The van der Waals surface area contributed by atoms with Crippen LogP contribution in [0.15, 0.2) is 24.3 Å². The van der Waals surface area contributed by atoms with Gasteiger partial charge in [0.1, 0.15) is 5.24 Å². The van der Waals surface area contributed by atoms with Crippen molar-refractivity contribution in [3.05, 3.63) is 29.8 Å². The molecule has 0 aliphatic carbocycles. The van der Waals surface area contributed by atoms with Crippen LogP contribution in [-0.4, -0.2) is 10.5 Å². The molecule has 1 rings (SSSR count). The number of hydrogen-bond donors (Lipinski definition) is 2. The fourth-order valence-corrected chi connectivity index (χ4v) is 1.17. The third-order valence-corrected chi connectivity index (χ3v) is 1.74. The Morgan fingerprint density at radius 2 is 1.76 bits per heavy atom. The van der Waals surface area contributed by atoms with Crippen LogP contribution in [0, 0.1) is 0 Å². The number of para-hydroxylation sites is 1. The van der Waals surface area contributed by atoms with Crippen molar-refractivity contribution < 1.29 is 29.1 Å². The molecule has 1 aromatic rings. The van der Waals surface area contributed by atoms with Crippen molar-refractivity contribution in [2.45, 2.75) is 13.3 Å². The first-order chi connectivity index (χ1) is 7.47. The number of carbonyl (C=O) groups is 2. The van der Waals surface area contributed by atoms with E-state index in [1.54, 1.807) is 0 Å². The van der Waals surface area contributed by atoms with Gasteiger partial charge in [0.25, 0.3) is 0 Å². The molecular formula is C10H12N2O2S2Zn.